The van der Waals surface area contributed by atoms with Crippen molar-refractivity contribution < 1.29 is 13.9 Å². The summed E-state index contributed by atoms with van der Waals surface area (Å²) in [5, 5.41) is 3.58. The molecule has 0 saturated heterocycles. The van der Waals surface area contributed by atoms with Crippen molar-refractivity contribution in [3.8, 4) is 5.75 Å². The predicted molar refractivity (Wildman–Crippen MR) is 99.7 cm³/mol. The van der Waals surface area contributed by atoms with Gasteiger partial charge in [0, 0.05) is 29.6 Å². The number of aromatic nitrogens is 1. The van der Waals surface area contributed by atoms with Crippen molar-refractivity contribution in [2.75, 3.05) is 12.4 Å². The molecular weight excluding hydrogens is 332 g/mol. The summed E-state index contributed by atoms with van der Waals surface area (Å²) in [6.45, 7) is 3.79. The normalized spacial score (nSPS) is 10.7. The maximum absolute atomic E-state index is 12.3. The molecule has 1 aromatic carbocycles. The average molecular weight is 352 g/mol. The van der Waals surface area contributed by atoms with Crippen LogP contribution in [-0.2, 0) is 11.2 Å². The van der Waals surface area contributed by atoms with Crippen LogP contribution in [0.4, 0.5) is 5.82 Å². The number of nitrogens with zero attached hydrogens (tertiary/aromatic N) is 1. The zero-order valence-electron chi connectivity index (χ0n) is 15.0. The molecule has 0 atom stereocenters. The van der Waals surface area contributed by atoms with Crippen molar-refractivity contribution in [3.05, 3.63) is 63.6 Å². The number of aryl methyl sites for hydroxylation is 2. The molecule has 0 spiro atoms. The minimum atomic E-state index is -0.426. The molecule has 6 nitrogen and oxygen atoms in total. The monoisotopic (exact) mass is 352 g/mol. The van der Waals surface area contributed by atoms with Gasteiger partial charge in [0.2, 0.25) is 5.91 Å². The molecule has 0 aliphatic heterocycles. The summed E-state index contributed by atoms with van der Waals surface area (Å²) < 4.78 is 10.6. The Labute approximate surface area is 150 Å². The van der Waals surface area contributed by atoms with Crippen molar-refractivity contribution in [2.24, 2.45) is 0 Å². The van der Waals surface area contributed by atoms with Gasteiger partial charge >= 0.3 is 5.63 Å². The van der Waals surface area contributed by atoms with E-state index < -0.39 is 5.63 Å². The van der Waals surface area contributed by atoms with Crippen LogP contribution < -0.4 is 15.7 Å². The van der Waals surface area contributed by atoms with Gasteiger partial charge in [0.05, 0.1) is 7.11 Å². The van der Waals surface area contributed by atoms with Crippen molar-refractivity contribution in [1.29, 1.82) is 0 Å². The van der Waals surface area contributed by atoms with E-state index in [1.807, 2.05) is 32.0 Å². The second kappa shape index (κ2) is 7.39. The van der Waals surface area contributed by atoms with Crippen LogP contribution in [0.1, 0.15) is 23.1 Å². The maximum Gasteiger partial charge on any atom is 0.339 e. The summed E-state index contributed by atoms with van der Waals surface area (Å²) in [6.07, 6.45) is 2.11. The van der Waals surface area contributed by atoms with Crippen LogP contribution in [0, 0.1) is 13.8 Å². The summed E-state index contributed by atoms with van der Waals surface area (Å²) >= 11 is 0. The number of pyridine rings is 1. The highest BCUT2D eigenvalue weighted by Crippen LogP contribution is 2.24. The molecule has 0 aliphatic rings. The minimum absolute atomic E-state index is 0.170. The first kappa shape index (κ1) is 17.7. The third kappa shape index (κ3) is 3.74. The van der Waals surface area contributed by atoms with Gasteiger partial charge in [0.1, 0.15) is 17.2 Å². The number of hydrogen-bond donors (Lipinski definition) is 1. The van der Waals surface area contributed by atoms with Gasteiger partial charge in [-0.3, -0.25) is 4.79 Å². The summed E-state index contributed by atoms with van der Waals surface area (Å²) in [7, 11) is 1.56. The molecule has 2 heterocycles. The van der Waals surface area contributed by atoms with Crippen molar-refractivity contribution in [2.45, 2.75) is 26.7 Å². The molecule has 134 valence electrons. The van der Waals surface area contributed by atoms with E-state index in [2.05, 4.69) is 10.3 Å². The van der Waals surface area contributed by atoms with Crippen LogP contribution in [0.2, 0.25) is 0 Å². The number of methoxy groups -OCH3 is 1. The number of fused-ring (bicyclic) bond motifs is 1. The van der Waals surface area contributed by atoms with E-state index in [0.717, 1.165) is 16.5 Å². The fraction of sp³-hybridized carbons (Fsp3) is 0.250. The van der Waals surface area contributed by atoms with Crippen LogP contribution >= 0.6 is 0 Å². The first-order valence-electron chi connectivity index (χ1n) is 8.31. The highest BCUT2D eigenvalue weighted by molar-refractivity contribution is 5.90. The van der Waals surface area contributed by atoms with E-state index in [1.165, 1.54) is 0 Å². The number of ether oxygens (including phenoxy) is 1. The largest absolute Gasteiger partial charge is 0.497 e. The molecule has 3 aromatic rings. The number of carbonyl (C=O) groups excluding carboxylic acids is 1. The molecule has 1 N–H and O–H groups in total. The van der Waals surface area contributed by atoms with Gasteiger partial charge in [-0.05, 0) is 55.7 Å². The van der Waals surface area contributed by atoms with Crippen LogP contribution in [-0.4, -0.2) is 18.0 Å². The summed E-state index contributed by atoms with van der Waals surface area (Å²) in [5.74, 6) is 0.930. The zero-order chi connectivity index (χ0) is 18.7. The van der Waals surface area contributed by atoms with Crippen molar-refractivity contribution >= 4 is 22.7 Å². The van der Waals surface area contributed by atoms with E-state index in [4.69, 9.17) is 9.15 Å². The predicted octanol–water partition coefficient (Wildman–Crippen LogP) is 3.38. The molecule has 26 heavy (non-hydrogen) atoms. The molecule has 0 unspecified atom stereocenters. The molecule has 6 heteroatoms. The Balaban J connectivity index is 1.78. The molecule has 0 aliphatic carbocycles. The second-order valence-corrected chi connectivity index (χ2v) is 6.12. The molecule has 0 fully saturated rings. The summed E-state index contributed by atoms with van der Waals surface area (Å²) in [6, 6.07) is 9.00. The standard InChI is InChI=1S/C20H20N2O4/c1-12-8-9-21-18(10-12)22-19(23)7-6-16-13(2)15-5-4-14(25-3)11-17(15)26-20(16)24/h4-5,8-11H,6-7H2,1-3H3,(H,21,22,23). The van der Waals surface area contributed by atoms with Crippen LogP contribution in [0.5, 0.6) is 5.75 Å². The number of rotatable bonds is 5. The van der Waals surface area contributed by atoms with E-state index in [9.17, 15) is 9.59 Å². The molecule has 3 rings (SSSR count). The second-order valence-electron chi connectivity index (χ2n) is 6.12. The lowest BCUT2D eigenvalue weighted by Gasteiger charge is -2.09. The third-order valence-electron chi connectivity index (χ3n) is 4.28. The highest BCUT2D eigenvalue weighted by Gasteiger charge is 2.14. The Kier molecular flexibility index (Phi) is 5.02. The maximum atomic E-state index is 12.3. The Morgan fingerprint density at radius 2 is 2.04 bits per heavy atom. The number of nitrogens with one attached hydrogen (secondary N) is 1. The molecule has 2 aromatic heterocycles. The smallest absolute Gasteiger partial charge is 0.339 e. The Morgan fingerprint density at radius 1 is 1.23 bits per heavy atom. The van der Waals surface area contributed by atoms with Gasteiger partial charge in [0.15, 0.2) is 0 Å². The number of amides is 1. The Bertz CT molecular complexity index is 1020. The van der Waals surface area contributed by atoms with Gasteiger partial charge in [-0.15, -0.1) is 0 Å². The Morgan fingerprint density at radius 3 is 2.77 bits per heavy atom. The molecule has 0 radical (unpaired) electrons. The molecular formula is C20H20N2O4. The van der Waals surface area contributed by atoms with Crippen LogP contribution in [0.25, 0.3) is 11.0 Å². The van der Waals surface area contributed by atoms with E-state index in [1.54, 1.807) is 25.4 Å². The number of anilines is 1. The van der Waals surface area contributed by atoms with E-state index in [0.29, 0.717) is 29.1 Å². The number of carbonyl (C=O) groups is 1. The van der Waals surface area contributed by atoms with Crippen molar-refractivity contribution in [3.63, 3.8) is 0 Å². The fourth-order valence-corrected chi connectivity index (χ4v) is 2.84. The topological polar surface area (TPSA) is 81.4 Å². The first-order chi connectivity index (χ1) is 12.5. The van der Waals surface area contributed by atoms with Gasteiger partial charge in [0.25, 0.3) is 0 Å². The molecule has 0 bridgehead atoms. The number of hydrogen-bond acceptors (Lipinski definition) is 5. The van der Waals surface area contributed by atoms with Gasteiger partial charge < -0.3 is 14.5 Å². The minimum Gasteiger partial charge on any atom is -0.497 e. The number of benzene rings is 1. The first-order valence-corrected chi connectivity index (χ1v) is 8.31. The van der Waals surface area contributed by atoms with Crippen LogP contribution in [0.3, 0.4) is 0 Å². The summed E-state index contributed by atoms with van der Waals surface area (Å²) in [5.41, 5.74) is 2.39. The zero-order valence-corrected chi connectivity index (χ0v) is 15.0. The lowest BCUT2D eigenvalue weighted by molar-refractivity contribution is -0.116. The Hall–Kier alpha value is -3.15. The van der Waals surface area contributed by atoms with Crippen molar-refractivity contribution in [1.82, 2.24) is 4.98 Å². The van der Waals surface area contributed by atoms with Gasteiger partial charge in [-0.1, -0.05) is 0 Å². The lowest BCUT2D eigenvalue weighted by atomic mass is 10.0. The fourth-order valence-electron chi connectivity index (χ4n) is 2.84. The molecule has 0 saturated carbocycles. The highest BCUT2D eigenvalue weighted by atomic mass is 16.5. The third-order valence-corrected chi connectivity index (χ3v) is 4.28. The molecule has 1 amide bonds. The van der Waals surface area contributed by atoms with Gasteiger partial charge in [-0.25, -0.2) is 9.78 Å². The van der Waals surface area contributed by atoms with Gasteiger partial charge in [-0.2, -0.15) is 0 Å². The van der Waals surface area contributed by atoms with E-state index in [-0.39, 0.29) is 12.3 Å². The summed E-state index contributed by atoms with van der Waals surface area (Å²) in [4.78, 5) is 28.6. The SMILES string of the molecule is COc1ccc2c(C)c(CCC(=O)Nc3cc(C)ccn3)c(=O)oc2c1. The van der Waals surface area contributed by atoms with Crippen LogP contribution in [0.15, 0.2) is 45.7 Å². The van der Waals surface area contributed by atoms with E-state index >= 15 is 0 Å². The average Bonchev–Trinajstić information content (AvgIpc) is 2.61. The lowest BCUT2D eigenvalue weighted by Crippen LogP contribution is -2.17. The quantitative estimate of drug-likeness (QED) is 0.712.